The summed E-state index contributed by atoms with van der Waals surface area (Å²) in [6.45, 7) is 7.73. The molecule has 4 fully saturated rings. The first-order valence-electron chi connectivity index (χ1n) is 12.0. The molecule has 4 saturated carbocycles. The molecule has 2 nitrogen and oxygen atoms in total. The van der Waals surface area contributed by atoms with Crippen molar-refractivity contribution in [2.75, 3.05) is 7.11 Å². The summed E-state index contributed by atoms with van der Waals surface area (Å²) in [6.07, 6.45) is 16.4. The lowest BCUT2D eigenvalue weighted by Gasteiger charge is -2.61. The van der Waals surface area contributed by atoms with Crippen molar-refractivity contribution < 1.29 is 9.53 Å². The molecular weight excluding hydrogens is 332 g/mol. The zero-order chi connectivity index (χ0) is 19.2. The zero-order valence-corrected chi connectivity index (χ0v) is 18.3. The van der Waals surface area contributed by atoms with Gasteiger partial charge in [-0.15, -0.1) is 0 Å². The summed E-state index contributed by atoms with van der Waals surface area (Å²) in [4.78, 5) is 11.6. The van der Waals surface area contributed by atoms with Crippen molar-refractivity contribution >= 4 is 5.97 Å². The number of rotatable bonds is 4. The van der Waals surface area contributed by atoms with E-state index in [0.29, 0.717) is 23.2 Å². The maximum atomic E-state index is 11.6. The number of hydrogen-bond donors (Lipinski definition) is 0. The molecule has 4 aliphatic rings. The number of esters is 1. The first-order valence-corrected chi connectivity index (χ1v) is 12.0. The predicted octanol–water partition coefficient (Wildman–Crippen LogP) is 6.62. The summed E-state index contributed by atoms with van der Waals surface area (Å²) in [5, 5.41) is 0. The van der Waals surface area contributed by atoms with Crippen LogP contribution in [0.2, 0.25) is 0 Å². The average molecular weight is 375 g/mol. The smallest absolute Gasteiger partial charge is 0.305 e. The van der Waals surface area contributed by atoms with E-state index in [1.807, 2.05) is 0 Å². The number of hydrogen-bond acceptors (Lipinski definition) is 2. The second-order valence-corrected chi connectivity index (χ2v) is 11.2. The van der Waals surface area contributed by atoms with E-state index >= 15 is 0 Å². The van der Waals surface area contributed by atoms with Gasteiger partial charge < -0.3 is 4.74 Å². The van der Waals surface area contributed by atoms with Crippen LogP contribution in [0.1, 0.15) is 97.8 Å². The molecule has 4 rings (SSSR count). The van der Waals surface area contributed by atoms with E-state index in [9.17, 15) is 4.79 Å². The summed E-state index contributed by atoms with van der Waals surface area (Å²) >= 11 is 0. The van der Waals surface area contributed by atoms with Gasteiger partial charge in [0.15, 0.2) is 0 Å². The van der Waals surface area contributed by atoms with E-state index in [-0.39, 0.29) is 5.97 Å². The van der Waals surface area contributed by atoms with Crippen LogP contribution >= 0.6 is 0 Å². The van der Waals surface area contributed by atoms with Gasteiger partial charge in [0.25, 0.3) is 0 Å². The lowest BCUT2D eigenvalue weighted by molar-refractivity contribution is -0.141. The lowest BCUT2D eigenvalue weighted by Crippen LogP contribution is -2.53. The van der Waals surface area contributed by atoms with Crippen LogP contribution < -0.4 is 0 Å². The van der Waals surface area contributed by atoms with Crippen LogP contribution in [-0.2, 0) is 9.53 Å². The van der Waals surface area contributed by atoms with Crippen LogP contribution in [0, 0.1) is 46.3 Å². The van der Waals surface area contributed by atoms with E-state index in [1.165, 1.54) is 71.3 Å². The van der Waals surface area contributed by atoms with Gasteiger partial charge in [0.2, 0.25) is 0 Å². The highest BCUT2D eigenvalue weighted by atomic mass is 16.5. The SMILES string of the molecule is COC(=O)CCC(C)C1CCC2[C@@H]3CC[C@@H]4CCCC[C@]4(C)[C@H]3CC[C@]12C. The molecular formula is C25H42O2. The Labute approximate surface area is 167 Å². The molecule has 2 heteroatoms. The minimum absolute atomic E-state index is 0.0335. The fraction of sp³-hybridized carbons (Fsp3) is 0.960. The van der Waals surface area contributed by atoms with Crippen LogP contribution in [0.3, 0.4) is 0 Å². The maximum Gasteiger partial charge on any atom is 0.305 e. The van der Waals surface area contributed by atoms with Gasteiger partial charge in [-0.1, -0.05) is 33.6 Å². The molecule has 0 aromatic carbocycles. The number of carbonyl (C=O) groups is 1. The number of fused-ring (bicyclic) bond motifs is 5. The lowest BCUT2D eigenvalue weighted by atomic mass is 9.44. The molecule has 27 heavy (non-hydrogen) atoms. The molecule has 4 aliphatic carbocycles. The zero-order valence-electron chi connectivity index (χ0n) is 18.3. The molecule has 0 amide bonds. The van der Waals surface area contributed by atoms with E-state index in [4.69, 9.17) is 4.74 Å². The Morgan fingerprint density at radius 2 is 1.74 bits per heavy atom. The highest BCUT2D eigenvalue weighted by molar-refractivity contribution is 5.69. The second kappa shape index (κ2) is 7.38. The van der Waals surface area contributed by atoms with Crippen molar-refractivity contribution in [3.05, 3.63) is 0 Å². The van der Waals surface area contributed by atoms with Crippen molar-refractivity contribution in [1.82, 2.24) is 0 Å². The van der Waals surface area contributed by atoms with Crippen LogP contribution in [0.15, 0.2) is 0 Å². The highest BCUT2D eigenvalue weighted by Gasteiger charge is 2.60. The molecule has 0 bridgehead atoms. The van der Waals surface area contributed by atoms with Gasteiger partial charge in [-0.2, -0.15) is 0 Å². The normalized spacial score (nSPS) is 47.5. The van der Waals surface area contributed by atoms with Crippen molar-refractivity contribution in [3.63, 3.8) is 0 Å². The van der Waals surface area contributed by atoms with Crippen molar-refractivity contribution in [2.45, 2.75) is 97.8 Å². The van der Waals surface area contributed by atoms with Crippen molar-refractivity contribution in [2.24, 2.45) is 46.3 Å². The Balaban J connectivity index is 1.49. The summed E-state index contributed by atoms with van der Waals surface area (Å²) in [5.41, 5.74) is 1.17. The Morgan fingerprint density at radius 1 is 0.963 bits per heavy atom. The Hall–Kier alpha value is -0.530. The van der Waals surface area contributed by atoms with E-state index < -0.39 is 0 Å². The van der Waals surface area contributed by atoms with Gasteiger partial charge in [-0.3, -0.25) is 4.79 Å². The van der Waals surface area contributed by atoms with Crippen LogP contribution in [0.5, 0.6) is 0 Å². The van der Waals surface area contributed by atoms with E-state index in [1.54, 1.807) is 0 Å². The van der Waals surface area contributed by atoms with Gasteiger partial charge in [-0.25, -0.2) is 0 Å². The fourth-order valence-corrected chi connectivity index (χ4v) is 8.92. The molecule has 0 N–H and O–H groups in total. The minimum Gasteiger partial charge on any atom is -0.469 e. The molecule has 0 saturated heterocycles. The molecule has 154 valence electrons. The largest absolute Gasteiger partial charge is 0.469 e. The fourth-order valence-electron chi connectivity index (χ4n) is 8.92. The topological polar surface area (TPSA) is 26.3 Å². The third-order valence-electron chi connectivity index (χ3n) is 10.4. The molecule has 0 aliphatic heterocycles. The maximum absolute atomic E-state index is 11.6. The monoisotopic (exact) mass is 374 g/mol. The number of methoxy groups -OCH3 is 1. The van der Waals surface area contributed by atoms with Gasteiger partial charge in [0.05, 0.1) is 7.11 Å². The number of carbonyl (C=O) groups excluding carboxylic acids is 1. The third-order valence-corrected chi connectivity index (χ3v) is 10.4. The van der Waals surface area contributed by atoms with Gasteiger partial charge >= 0.3 is 5.97 Å². The molecule has 3 unspecified atom stereocenters. The van der Waals surface area contributed by atoms with Crippen LogP contribution in [-0.4, -0.2) is 13.1 Å². The third kappa shape index (κ3) is 3.18. The van der Waals surface area contributed by atoms with E-state index in [2.05, 4.69) is 20.8 Å². The first-order chi connectivity index (χ1) is 12.9. The quantitative estimate of drug-likeness (QED) is 0.517. The highest BCUT2D eigenvalue weighted by Crippen LogP contribution is 2.68. The Morgan fingerprint density at radius 3 is 2.52 bits per heavy atom. The molecule has 0 aromatic rings. The molecule has 0 heterocycles. The van der Waals surface area contributed by atoms with Crippen LogP contribution in [0.25, 0.3) is 0 Å². The second-order valence-electron chi connectivity index (χ2n) is 11.2. The molecule has 8 atom stereocenters. The van der Waals surface area contributed by atoms with Gasteiger partial charge in [-0.05, 0) is 104 Å². The average Bonchev–Trinajstić information content (AvgIpc) is 3.02. The molecule has 0 radical (unpaired) electrons. The standard InChI is InChI=1S/C25H42O2/c1-17(8-13-23(26)27-4)20-11-12-21-19-10-9-18-7-5-6-15-24(18,2)22(19)14-16-25(20,21)3/h17-22H,5-16H2,1-4H3/t17?,18-,19-,20?,21?,22-,24-,25+/m0/s1. The van der Waals surface area contributed by atoms with Gasteiger partial charge in [0, 0.05) is 6.42 Å². The summed E-state index contributed by atoms with van der Waals surface area (Å²) < 4.78 is 4.89. The summed E-state index contributed by atoms with van der Waals surface area (Å²) in [7, 11) is 1.52. The molecule has 0 spiro atoms. The summed E-state index contributed by atoms with van der Waals surface area (Å²) in [5.74, 6) is 5.38. The minimum atomic E-state index is -0.0335. The predicted molar refractivity (Wildman–Crippen MR) is 110 cm³/mol. The Kier molecular flexibility index (Phi) is 5.40. The molecule has 0 aromatic heterocycles. The number of ether oxygens (including phenoxy) is 1. The van der Waals surface area contributed by atoms with Gasteiger partial charge in [0.1, 0.15) is 0 Å². The first kappa shape index (κ1) is 19.8. The van der Waals surface area contributed by atoms with Crippen LogP contribution in [0.4, 0.5) is 0 Å². The Bertz CT molecular complexity index is 557. The summed E-state index contributed by atoms with van der Waals surface area (Å²) in [6, 6.07) is 0. The van der Waals surface area contributed by atoms with Crippen molar-refractivity contribution in [3.8, 4) is 0 Å². The van der Waals surface area contributed by atoms with E-state index in [0.717, 1.165) is 36.0 Å². The van der Waals surface area contributed by atoms with Crippen molar-refractivity contribution in [1.29, 1.82) is 0 Å².